The second-order valence-electron chi connectivity index (χ2n) is 6.74. The van der Waals surface area contributed by atoms with Gasteiger partial charge in [0.05, 0.1) is 15.6 Å². The van der Waals surface area contributed by atoms with Crippen molar-refractivity contribution in [3.63, 3.8) is 0 Å². The number of halogens is 1. The van der Waals surface area contributed by atoms with E-state index >= 15 is 0 Å². The average Bonchev–Trinajstić information content (AvgIpc) is 2.56. The Balaban J connectivity index is 2.29. The van der Waals surface area contributed by atoms with Gasteiger partial charge in [-0.3, -0.25) is 9.52 Å². The fourth-order valence-electron chi connectivity index (χ4n) is 2.47. The van der Waals surface area contributed by atoms with Gasteiger partial charge in [0.25, 0.3) is 15.9 Å². The molecule has 1 N–H and O–H groups in total. The molecule has 0 atom stereocenters. The zero-order valence-corrected chi connectivity index (χ0v) is 16.9. The highest BCUT2D eigenvalue weighted by Crippen LogP contribution is 2.26. The molecular weight excluding hydrogens is 372 g/mol. The summed E-state index contributed by atoms with van der Waals surface area (Å²) in [7, 11) is -0.554. The van der Waals surface area contributed by atoms with E-state index in [0.29, 0.717) is 11.5 Å². The quantitative estimate of drug-likeness (QED) is 0.803. The molecule has 0 aliphatic carbocycles. The maximum atomic E-state index is 12.6. The van der Waals surface area contributed by atoms with Gasteiger partial charge < -0.3 is 4.90 Å². The first-order valence-corrected chi connectivity index (χ1v) is 10.1. The summed E-state index contributed by atoms with van der Waals surface area (Å²) in [6.45, 7) is 4.21. The Kier molecular flexibility index (Phi) is 6.31. The molecule has 0 aliphatic heterocycles. The minimum atomic E-state index is -3.80. The highest BCUT2D eigenvalue weighted by Gasteiger charge is 2.18. The van der Waals surface area contributed by atoms with Crippen LogP contribution in [0.2, 0.25) is 5.02 Å². The lowest BCUT2D eigenvalue weighted by Gasteiger charge is -2.14. The predicted octanol–water partition coefficient (Wildman–Crippen LogP) is 4.04. The Morgan fingerprint density at radius 1 is 1.12 bits per heavy atom. The molecule has 0 radical (unpaired) electrons. The van der Waals surface area contributed by atoms with Crippen LogP contribution >= 0.6 is 11.6 Å². The van der Waals surface area contributed by atoms with E-state index in [1.807, 2.05) is 12.1 Å². The molecule has 2 aromatic carbocycles. The number of carbonyl (C=O) groups is 1. The average molecular weight is 395 g/mol. The van der Waals surface area contributed by atoms with Gasteiger partial charge in [0.1, 0.15) is 0 Å². The Morgan fingerprint density at radius 3 is 2.27 bits per heavy atom. The van der Waals surface area contributed by atoms with Crippen LogP contribution in [0.25, 0.3) is 0 Å². The van der Waals surface area contributed by atoms with E-state index in [0.717, 1.165) is 12.0 Å². The van der Waals surface area contributed by atoms with Crippen LogP contribution in [-0.2, 0) is 16.4 Å². The standard InChI is InChI=1S/C19H23ClN2O3S/c1-13(2)11-14-5-8-16(9-6-14)26(24,25)21-18-12-15(7-10-17(18)20)19(23)22(3)4/h5-10,12-13,21H,11H2,1-4H3. The van der Waals surface area contributed by atoms with Crippen LogP contribution in [0.15, 0.2) is 47.4 Å². The molecule has 0 unspecified atom stereocenters. The Hall–Kier alpha value is -2.05. The molecule has 0 aliphatic rings. The second kappa shape index (κ2) is 8.10. The zero-order valence-electron chi connectivity index (χ0n) is 15.3. The number of nitrogens with zero attached hydrogens (tertiary/aromatic N) is 1. The van der Waals surface area contributed by atoms with Gasteiger partial charge in [-0.2, -0.15) is 0 Å². The van der Waals surface area contributed by atoms with Crippen LogP contribution in [0, 0.1) is 5.92 Å². The molecular formula is C19H23ClN2O3S. The van der Waals surface area contributed by atoms with Crippen LogP contribution < -0.4 is 4.72 Å². The third kappa shape index (κ3) is 4.99. The fraction of sp³-hybridized carbons (Fsp3) is 0.316. The largest absolute Gasteiger partial charge is 0.345 e. The van der Waals surface area contributed by atoms with E-state index in [-0.39, 0.29) is 21.5 Å². The van der Waals surface area contributed by atoms with Crippen molar-refractivity contribution in [3.8, 4) is 0 Å². The first-order valence-electron chi connectivity index (χ1n) is 8.23. The van der Waals surface area contributed by atoms with Crippen LogP contribution in [0.1, 0.15) is 29.8 Å². The molecule has 1 amide bonds. The lowest BCUT2D eigenvalue weighted by molar-refractivity contribution is 0.0827. The number of rotatable bonds is 6. The molecule has 0 bridgehead atoms. The molecule has 7 heteroatoms. The second-order valence-corrected chi connectivity index (χ2v) is 8.83. The molecule has 0 saturated carbocycles. The van der Waals surface area contributed by atoms with Crippen molar-refractivity contribution < 1.29 is 13.2 Å². The summed E-state index contributed by atoms with van der Waals surface area (Å²) in [6.07, 6.45) is 0.883. The molecule has 140 valence electrons. The SMILES string of the molecule is CC(C)Cc1ccc(S(=O)(=O)Nc2cc(C(=O)N(C)C)ccc2Cl)cc1. The van der Waals surface area contributed by atoms with Gasteiger partial charge >= 0.3 is 0 Å². The van der Waals surface area contributed by atoms with E-state index in [2.05, 4.69) is 18.6 Å². The minimum Gasteiger partial charge on any atom is -0.345 e. The van der Waals surface area contributed by atoms with Gasteiger partial charge in [-0.1, -0.05) is 37.6 Å². The summed E-state index contributed by atoms with van der Waals surface area (Å²) in [4.78, 5) is 13.6. The lowest BCUT2D eigenvalue weighted by atomic mass is 10.0. The van der Waals surface area contributed by atoms with Crippen molar-refractivity contribution in [2.24, 2.45) is 5.92 Å². The molecule has 5 nitrogen and oxygen atoms in total. The summed E-state index contributed by atoms with van der Waals surface area (Å²) < 4.78 is 27.7. The Labute approximate surface area is 160 Å². The molecule has 0 spiro atoms. The van der Waals surface area contributed by atoms with Crippen LogP contribution in [-0.4, -0.2) is 33.3 Å². The van der Waals surface area contributed by atoms with E-state index in [4.69, 9.17) is 11.6 Å². The molecule has 0 saturated heterocycles. The number of benzene rings is 2. The number of nitrogens with one attached hydrogen (secondary N) is 1. The minimum absolute atomic E-state index is 0.144. The van der Waals surface area contributed by atoms with Crippen molar-refractivity contribution in [2.75, 3.05) is 18.8 Å². The first-order chi connectivity index (χ1) is 12.1. The first kappa shape index (κ1) is 20.3. The number of hydrogen-bond acceptors (Lipinski definition) is 3. The summed E-state index contributed by atoms with van der Waals surface area (Å²) in [5.41, 5.74) is 1.60. The molecule has 0 fully saturated rings. The van der Waals surface area contributed by atoms with E-state index in [1.165, 1.54) is 17.0 Å². The van der Waals surface area contributed by atoms with Crippen LogP contribution in [0.5, 0.6) is 0 Å². The van der Waals surface area contributed by atoms with Crippen molar-refractivity contribution in [1.82, 2.24) is 4.90 Å². The summed E-state index contributed by atoms with van der Waals surface area (Å²) in [5, 5.41) is 0.223. The van der Waals surface area contributed by atoms with Crippen molar-refractivity contribution in [1.29, 1.82) is 0 Å². The number of hydrogen-bond donors (Lipinski definition) is 1. The summed E-state index contributed by atoms with van der Waals surface area (Å²) in [6, 6.07) is 11.3. The van der Waals surface area contributed by atoms with Gasteiger partial charge in [0.2, 0.25) is 0 Å². The van der Waals surface area contributed by atoms with Crippen molar-refractivity contribution in [2.45, 2.75) is 25.2 Å². The zero-order chi connectivity index (χ0) is 19.5. The van der Waals surface area contributed by atoms with E-state index < -0.39 is 10.0 Å². The Morgan fingerprint density at radius 2 is 1.73 bits per heavy atom. The van der Waals surface area contributed by atoms with Crippen LogP contribution in [0.4, 0.5) is 5.69 Å². The predicted molar refractivity (Wildman–Crippen MR) is 105 cm³/mol. The van der Waals surface area contributed by atoms with Crippen molar-refractivity contribution in [3.05, 3.63) is 58.6 Å². The van der Waals surface area contributed by atoms with E-state index in [1.54, 1.807) is 32.3 Å². The molecule has 0 aromatic heterocycles. The monoisotopic (exact) mass is 394 g/mol. The summed E-state index contributed by atoms with van der Waals surface area (Å²) in [5.74, 6) is 0.256. The van der Waals surface area contributed by atoms with Gasteiger partial charge in [0, 0.05) is 19.7 Å². The number of sulfonamides is 1. The topological polar surface area (TPSA) is 66.5 Å². The number of carbonyl (C=O) groups excluding carboxylic acids is 1. The van der Waals surface area contributed by atoms with Gasteiger partial charge in [-0.05, 0) is 48.2 Å². The Bertz CT molecular complexity index is 892. The maximum Gasteiger partial charge on any atom is 0.261 e. The van der Waals surface area contributed by atoms with Gasteiger partial charge in [0.15, 0.2) is 0 Å². The van der Waals surface area contributed by atoms with Crippen LogP contribution in [0.3, 0.4) is 0 Å². The van der Waals surface area contributed by atoms with Gasteiger partial charge in [-0.15, -0.1) is 0 Å². The van der Waals surface area contributed by atoms with E-state index in [9.17, 15) is 13.2 Å². The highest BCUT2D eigenvalue weighted by molar-refractivity contribution is 7.92. The molecule has 2 aromatic rings. The molecule has 0 heterocycles. The highest BCUT2D eigenvalue weighted by atomic mass is 35.5. The lowest BCUT2D eigenvalue weighted by Crippen LogP contribution is -2.22. The molecule has 2 rings (SSSR count). The number of anilines is 1. The summed E-state index contributed by atoms with van der Waals surface area (Å²) >= 11 is 6.10. The van der Waals surface area contributed by atoms with Crippen molar-refractivity contribution >= 4 is 33.2 Å². The van der Waals surface area contributed by atoms with Gasteiger partial charge in [-0.25, -0.2) is 8.42 Å². The molecule has 26 heavy (non-hydrogen) atoms. The third-order valence-electron chi connectivity index (χ3n) is 3.74. The number of amides is 1. The third-order valence-corrected chi connectivity index (χ3v) is 5.45. The smallest absolute Gasteiger partial charge is 0.261 e. The fourth-order valence-corrected chi connectivity index (χ4v) is 3.77. The normalized spacial score (nSPS) is 11.5. The maximum absolute atomic E-state index is 12.6.